The molecule has 1 N–H and O–H groups in total. The molecule has 31 heavy (non-hydrogen) atoms. The van der Waals surface area contributed by atoms with Crippen molar-refractivity contribution in [2.45, 2.75) is 117 Å². The van der Waals surface area contributed by atoms with E-state index in [4.69, 9.17) is 9.84 Å². The smallest absolute Gasteiger partial charge is 0.450 e. The number of rotatable bonds is 7. The zero-order chi connectivity index (χ0) is 22.2. The van der Waals surface area contributed by atoms with Crippen LogP contribution in [-0.4, -0.2) is 17.4 Å². The quantitative estimate of drug-likeness (QED) is 0.251. The van der Waals surface area contributed by atoms with Crippen LogP contribution < -0.4 is 0 Å². The van der Waals surface area contributed by atoms with Gasteiger partial charge in [-0.3, -0.25) is 0 Å². The third-order valence-electron chi connectivity index (χ3n) is 10.4. The molecule has 0 aliphatic heterocycles. The summed E-state index contributed by atoms with van der Waals surface area (Å²) in [5, 5.41) is 9.04. The molecule has 7 atom stereocenters. The summed E-state index contributed by atoms with van der Waals surface area (Å²) < 4.78 is 5.16. The second-order valence-electron chi connectivity index (χ2n) is 12.4. The summed E-state index contributed by atoms with van der Waals surface area (Å²) in [6.45, 7) is 9.84. The monoisotopic (exact) mass is 430 g/mol. The highest BCUT2D eigenvalue weighted by atomic mass is 16.7. The van der Waals surface area contributed by atoms with Gasteiger partial charge in [0.25, 0.3) is 0 Å². The standard InChI is InChI=1S/C28H46O3/c1-19(2)8-6-5-7-9-20-11-13-24-23-12-10-21-18-22(31-26(29)30)14-16-28(21,4)25(23)15-17-27(20,24)3/h10,19-20,22-25H,5-9,11-18H2,1-4H3,(H,29,30). The zero-order valence-electron chi connectivity index (χ0n) is 20.5. The normalized spacial score (nSPS) is 41.8. The van der Waals surface area contributed by atoms with Gasteiger partial charge in [-0.15, -0.1) is 0 Å². The largest absolute Gasteiger partial charge is 0.506 e. The molecule has 0 spiro atoms. The molecule has 176 valence electrons. The molecule has 0 bridgehead atoms. The van der Waals surface area contributed by atoms with Gasteiger partial charge in [-0.1, -0.05) is 65.0 Å². The molecular formula is C28H46O3. The van der Waals surface area contributed by atoms with E-state index < -0.39 is 6.16 Å². The molecule has 3 fully saturated rings. The first-order chi connectivity index (χ1) is 14.7. The first-order valence-corrected chi connectivity index (χ1v) is 13.3. The van der Waals surface area contributed by atoms with Crippen molar-refractivity contribution in [3.05, 3.63) is 11.6 Å². The molecule has 0 saturated heterocycles. The molecule has 0 heterocycles. The average molecular weight is 431 g/mol. The van der Waals surface area contributed by atoms with Crippen LogP contribution in [0.1, 0.15) is 111 Å². The lowest BCUT2D eigenvalue weighted by Crippen LogP contribution is -2.50. The van der Waals surface area contributed by atoms with Crippen molar-refractivity contribution in [2.75, 3.05) is 0 Å². The second kappa shape index (κ2) is 9.10. The lowest BCUT2D eigenvalue weighted by atomic mass is 9.47. The van der Waals surface area contributed by atoms with Crippen LogP contribution in [0.2, 0.25) is 0 Å². The maximum atomic E-state index is 11.0. The molecule has 0 radical (unpaired) electrons. The van der Waals surface area contributed by atoms with E-state index in [0.717, 1.165) is 48.9 Å². The summed E-state index contributed by atoms with van der Waals surface area (Å²) in [6, 6.07) is 0. The topological polar surface area (TPSA) is 46.5 Å². The van der Waals surface area contributed by atoms with Crippen molar-refractivity contribution in [3.63, 3.8) is 0 Å². The highest BCUT2D eigenvalue weighted by Crippen LogP contribution is 2.66. The van der Waals surface area contributed by atoms with E-state index in [1.807, 2.05) is 0 Å². The summed E-state index contributed by atoms with van der Waals surface area (Å²) in [4.78, 5) is 11.0. The fourth-order valence-electron chi connectivity index (χ4n) is 8.57. The number of allylic oxidation sites excluding steroid dienone is 1. The molecular weight excluding hydrogens is 384 g/mol. The van der Waals surface area contributed by atoms with Crippen molar-refractivity contribution >= 4 is 6.16 Å². The Morgan fingerprint density at radius 3 is 2.65 bits per heavy atom. The molecule has 4 aliphatic carbocycles. The Kier molecular flexibility index (Phi) is 6.80. The SMILES string of the molecule is CC(C)CCCCCC1CCC2C3CC=C4CC(OC(=O)O)CCC4(C)C3CCC12C. The number of carboxylic acid groups (broad SMARTS) is 1. The van der Waals surface area contributed by atoms with Crippen molar-refractivity contribution in [3.8, 4) is 0 Å². The Morgan fingerprint density at radius 2 is 1.90 bits per heavy atom. The van der Waals surface area contributed by atoms with Gasteiger partial charge in [-0.25, -0.2) is 4.79 Å². The highest BCUT2D eigenvalue weighted by molar-refractivity contribution is 5.57. The van der Waals surface area contributed by atoms with Gasteiger partial charge in [0.05, 0.1) is 0 Å². The van der Waals surface area contributed by atoms with Crippen LogP contribution in [-0.2, 0) is 4.74 Å². The second-order valence-corrected chi connectivity index (χ2v) is 12.4. The minimum atomic E-state index is -1.11. The Morgan fingerprint density at radius 1 is 1.10 bits per heavy atom. The lowest BCUT2D eigenvalue weighted by molar-refractivity contribution is -0.0543. The molecule has 3 saturated carbocycles. The van der Waals surface area contributed by atoms with Crippen LogP contribution in [0.4, 0.5) is 4.79 Å². The first kappa shape index (κ1) is 23.2. The summed E-state index contributed by atoms with van der Waals surface area (Å²) in [5.74, 6) is 4.32. The van der Waals surface area contributed by atoms with Gasteiger partial charge < -0.3 is 9.84 Å². The van der Waals surface area contributed by atoms with Gasteiger partial charge >= 0.3 is 6.16 Å². The van der Waals surface area contributed by atoms with E-state index in [1.165, 1.54) is 69.8 Å². The molecule has 0 amide bonds. The van der Waals surface area contributed by atoms with E-state index in [0.29, 0.717) is 5.41 Å². The minimum Gasteiger partial charge on any atom is -0.450 e. The van der Waals surface area contributed by atoms with E-state index in [9.17, 15) is 4.79 Å². The fraction of sp³-hybridized carbons (Fsp3) is 0.893. The predicted molar refractivity (Wildman–Crippen MR) is 126 cm³/mol. The minimum absolute atomic E-state index is 0.131. The first-order valence-electron chi connectivity index (χ1n) is 13.3. The predicted octanol–water partition coefficient (Wildman–Crippen LogP) is 8.24. The van der Waals surface area contributed by atoms with Gasteiger partial charge in [0.1, 0.15) is 6.10 Å². The van der Waals surface area contributed by atoms with Gasteiger partial charge in [-0.05, 0) is 91.8 Å². The summed E-state index contributed by atoms with van der Waals surface area (Å²) in [7, 11) is 0. The van der Waals surface area contributed by atoms with Crippen LogP contribution in [0.25, 0.3) is 0 Å². The van der Waals surface area contributed by atoms with E-state index in [1.54, 1.807) is 0 Å². The molecule has 4 rings (SSSR count). The fourth-order valence-corrected chi connectivity index (χ4v) is 8.57. The molecule has 3 heteroatoms. The van der Waals surface area contributed by atoms with Gasteiger partial charge in [-0.2, -0.15) is 0 Å². The molecule has 0 aromatic heterocycles. The number of unbranched alkanes of at least 4 members (excludes halogenated alkanes) is 2. The molecule has 4 aliphatic rings. The molecule has 3 nitrogen and oxygen atoms in total. The van der Waals surface area contributed by atoms with E-state index in [-0.39, 0.29) is 11.5 Å². The van der Waals surface area contributed by atoms with Crippen LogP contribution in [0.15, 0.2) is 11.6 Å². The van der Waals surface area contributed by atoms with Crippen molar-refractivity contribution < 1.29 is 14.6 Å². The number of ether oxygens (including phenoxy) is 1. The maximum absolute atomic E-state index is 11.0. The Hall–Kier alpha value is -0.990. The summed E-state index contributed by atoms with van der Waals surface area (Å²) in [5.41, 5.74) is 2.34. The number of fused-ring (bicyclic) bond motifs is 5. The van der Waals surface area contributed by atoms with E-state index >= 15 is 0 Å². The van der Waals surface area contributed by atoms with Crippen molar-refractivity contribution in [1.82, 2.24) is 0 Å². The Bertz CT molecular complexity index is 682. The third-order valence-corrected chi connectivity index (χ3v) is 10.4. The third kappa shape index (κ3) is 4.44. The summed E-state index contributed by atoms with van der Waals surface area (Å²) in [6.07, 6.45) is 18.1. The van der Waals surface area contributed by atoms with Crippen LogP contribution in [0, 0.1) is 40.4 Å². The van der Waals surface area contributed by atoms with Gasteiger partial charge in [0, 0.05) is 6.42 Å². The van der Waals surface area contributed by atoms with Gasteiger partial charge in [0.15, 0.2) is 0 Å². The summed E-state index contributed by atoms with van der Waals surface area (Å²) >= 11 is 0. The molecule has 7 unspecified atom stereocenters. The Labute approximate surface area is 190 Å². The number of carbonyl (C=O) groups is 1. The average Bonchev–Trinajstić information content (AvgIpc) is 3.04. The van der Waals surface area contributed by atoms with Gasteiger partial charge in [0.2, 0.25) is 0 Å². The number of hydrogen-bond donors (Lipinski definition) is 1. The van der Waals surface area contributed by atoms with E-state index in [2.05, 4.69) is 33.8 Å². The molecule has 0 aromatic carbocycles. The van der Waals surface area contributed by atoms with Crippen molar-refractivity contribution in [2.24, 2.45) is 40.4 Å². The van der Waals surface area contributed by atoms with Crippen LogP contribution >= 0.6 is 0 Å². The number of hydrogen-bond acceptors (Lipinski definition) is 2. The van der Waals surface area contributed by atoms with Crippen molar-refractivity contribution in [1.29, 1.82) is 0 Å². The maximum Gasteiger partial charge on any atom is 0.506 e. The highest BCUT2D eigenvalue weighted by Gasteiger charge is 2.58. The Balaban J connectivity index is 1.40. The lowest BCUT2D eigenvalue weighted by Gasteiger charge is -2.58. The van der Waals surface area contributed by atoms with Crippen LogP contribution in [0.5, 0.6) is 0 Å². The molecule has 0 aromatic rings. The van der Waals surface area contributed by atoms with Crippen LogP contribution in [0.3, 0.4) is 0 Å². The zero-order valence-corrected chi connectivity index (χ0v) is 20.5.